The summed E-state index contributed by atoms with van der Waals surface area (Å²) in [6, 6.07) is 7.70. The quantitative estimate of drug-likeness (QED) is 0.249. The molecule has 0 aliphatic carbocycles. The minimum absolute atomic E-state index is 0.132. The van der Waals surface area contributed by atoms with E-state index in [2.05, 4.69) is 29.2 Å². The van der Waals surface area contributed by atoms with Crippen molar-refractivity contribution in [1.82, 2.24) is 9.55 Å². The Morgan fingerprint density at radius 3 is 2.55 bits per heavy atom. The summed E-state index contributed by atoms with van der Waals surface area (Å²) < 4.78 is 12.5. The van der Waals surface area contributed by atoms with Crippen molar-refractivity contribution in [3.63, 3.8) is 0 Å². The third-order valence-corrected chi connectivity index (χ3v) is 3.94. The Bertz CT molecular complexity index is 854. The highest BCUT2D eigenvalue weighted by Gasteiger charge is 2.17. The number of alkyl halides is 1. The van der Waals surface area contributed by atoms with Crippen LogP contribution in [-0.2, 0) is 16.0 Å². The zero-order valence-corrected chi connectivity index (χ0v) is 20.3. The third-order valence-electron chi connectivity index (χ3n) is 3.94. The van der Waals surface area contributed by atoms with Gasteiger partial charge in [-0.15, -0.1) is 11.6 Å². The van der Waals surface area contributed by atoms with Gasteiger partial charge < -0.3 is 14.0 Å². The first-order valence-electron chi connectivity index (χ1n) is 10.3. The van der Waals surface area contributed by atoms with Crippen molar-refractivity contribution in [3.8, 4) is 17.1 Å². The SMILES string of the molecule is C=C/C=C\C/C=C(\C)n1cc(CC(=O)OCC)nc1-c1ccccc1OC.CC.CCl. The van der Waals surface area contributed by atoms with Gasteiger partial charge >= 0.3 is 5.97 Å². The van der Waals surface area contributed by atoms with Crippen molar-refractivity contribution in [2.24, 2.45) is 0 Å². The summed E-state index contributed by atoms with van der Waals surface area (Å²) in [6.07, 6.45) is 12.0. The van der Waals surface area contributed by atoms with Crippen molar-refractivity contribution in [2.45, 2.75) is 40.5 Å². The number of methoxy groups -OCH3 is 1. The second-order valence-electron chi connectivity index (χ2n) is 5.85. The van der Waals surface area contributed by atoms with Gasteiger partial charge in [-0.3, -0.25) is 4.79 Å². The zero-order valence-electron chi connectivity index (χ0n) is 19.5. The average molecular weight is 447 g/mol. The molecule has 31 heavy (non-hydrogen) atoms. The molecule has 6 heteroatoms. The summed E-state index contributed by atoms with van der Waals surface area (Å²) in [5.74, 6) is 1.17. The molecule has 0 fully saturated rings. The van der Waals surface area contributed by atoms with E-state index >= 15 is 0 Å². The molecular weight excluding hydrogens is 412 g/mol. The van der Waals surface area contributed by atoms with Gasteiger partial charge in [-0.25, -0.2) is 4.98 Å². The van der Waals surface area contributed by atoms with E-state index in [9.17, 15) is 4.79 Å². The van der Waals surface area contributed by atoms with Crippen molar-refractivity contribution < 1.29 is 14.3 Å². The summed E-state index contributed by atoms with van der Waals surface area (Å²) in [5.41, 5.74) is 2.53. The lowest BCUT2D eigenvalue weighted by Gasteiger charge is -2.11. The molecule has 5 nitrogen and oxygen atoms in total. The average Bonchev–Trinajstić information content (AvgIpc) is 3.23. The van der Waals surface area contributed by atoms with Crippen LogP contribution in [0.25, 0.3) is 17.1 Å². The Labute approximate surface area is 192 Å². The van der Waals surface area contributed by atoms with E-state index in [4.69, 9.17) is 9.47 Å². The van der Waals surface area contributed by atoms with Crippen LogP contribution in [0.15, 0.2) is 61.3 Å². The summed E-state index contributed by atoms with van der Waals surface area (Å²) in [7, 11) is 1.63. The van der Waals surface area contributed by atoms with Gasteiger partial charge in [0, 0.05) is 18.3 Å². The Morgan fingerprint density at radius 2 is 1.94 bits per heavy atom. The number of carbonyl (C=O) groups excluding carboxylic acids is 1. The van der Waals surface area contributed by atoms with Crippen LogP contribution in [0.5, 0.6) is 5.75 Å². The molecule has 0 N–H and O–H groups in total. The summed E-state index contributed by atoms with van der Waals surface area (Å²) in [6.45, 7) is 11.8. The van der Waals surface area contributed by atoms with E-state index < -0.39 is 0 Å². The number of carbonyl (C=O) groups is 1. The largest absolute Gasteiger partial charge is 0.496 e. The zero-order chi connectivity index (χ0) is 23.6. The highest BCUT2D eigenvalue weighted by molar-refractivity contribution is 6.15. The number of imidazole rings is 1. The van der Waals surface area contributed by atoms with Crippen LogP contribution in [0, 0.1) is 0 Å². The molecule has 2 aromatic rings. The maximum Gasteiger partial charge on any atom is 0.311 e. The van der Waals surface area contributed by atoms with E-state index in [1.807, 2.05) is 68.0 Å². The molecule has 2 rings (SSSR count). The maximum absolute atomic E-state index is 11.9. The topological polar surface area (TPSA) is 53.4 Å². The molecule has 0 bridgehead atoms. The molecular formula is C25H35ClN2O3. The third kappa shape index (κ3) is 9.26. The number of halogens is 1. The van der Waals surface area contributed by atoms with Gasteiger partial charge in [0.05, 0.1) is 31.4 Å². The molecule has 1 aromatic carbocycles. The molecule has 1 heterocycles. The predicted octanol–water partition coefficient (Wildman–Crippen LogP) is 6.54. The van der Waals surface area contributed by atoms with Crippen LogP contribution in [0.3, 0.4) is 0 Å². The van der Waals surface area contributed by atoms with E-state index in [0.29, 0.717) is 12.3 Å². The highest BCUT2D eigenvalue weighted by atomic mass is 35.5. The summed E-state index contributed by atoms with van der Waals surface area (Å²) >= 11 is 4.64. The molecule has 0 saturated carbocycles. The van der Waals surface area contributed by atoms with Crippen LogP contribution >= 0.6 is 11.6 Å². The Hall–Kier alpha value is -2.79. The number of esters is 1. The van der Waals surface area contributed by atoms with E-state index in [-0.39, 0.29) is 12.4 Å². The second kappa shape index (κ2) is 16.9. The number of rotatable bonds is 9. The summed E-state index contributed by atoms with van der Waals surface area (Å²) in [5, 5.41) is 0. The standard InChI is InChI=1S/C22H26N2O3.C2H6.CH3Cl/c1-5-7-8-9-12-17(3)24-16-18(15-21(25)27-6-2)23-22(24)19-13-10-11-14-20(19)26-4;2*1-2/h5,7-8,10-14,16H,1,6,9,15H2,2-4H3;1-2H3;1H3/b8-7-,17-12+;;. The van der Waals surface area contributed by atoms with Crippen LogP contribution in [-0.4, -0.2) is 35.6 Å². The first-order chi connectivity index (χ1) is 15.1. The second-order valence-corrected chi connectivity index (χ2v) is 5.85. The minimum atomic E-state index is -0.288. The number of ether oxygens (including phenoxy) is 2. The molecule has 0 unspecified atom stereocenters. The van der Waals surface area contributed by atoms with E-state index in [1.165, 1.54) is 6.38 Å². The number of hydrogen-bond donors (Lipinski definition) is 0. The van der Waals surface area contributed by atoms with Gasteiger partial charge in [0.2, 0.25) is 0 Å². The van der Waals surface area contributed by atoms with Gasteiger partial charge in [0.25, 0.3) is 0 Å². The number of para-hydroxylation sites is 1. The fourth-order valence-corrected chi connectivity index (χ4v) is 2.67. The number of nitrogens with zero attached hydrogens (tertiary/aromatic N) is 2. The van der Waals surface area contributed by atoms with Crippen LogP contribution in [0.1, 0.15) is 39.8 Å². The van der Waals surface area contributed by atoms with Crippen molar-refractivity contribution >= 4 is 23.3 Å². The number of aromatic nitrogens is 2. The lowest BCUT2D eigenvalue weighted by Crippen LogP contribution is -2.07. The van der Waals surface area contributed by atoms with Crippen LogP contribution < -0.4 is 4.74 Å². The monoisotopic (exact) mass is 446 g/mol. The molecule has 0 atom stereocenters. The maximum atomic E-state index is 11.9. The van der Waals surface area contributed by atoms with E-state index in [0.717, 1.165) is 29.3 Å². The van der Waals surface area contributed by atoms with Gasteiger partial charge in [0.1, 0.15) is 11.6 Å². The molecule has 0 radical (unpaired) electrons. The highest BCUT2D eigenvalue weighted by Crippen LogP contribution is 2.31. The fourth-order valence-electron chi connectivity index (χ4n) is 2.67. The van der Waals surface area contributed by atoms with Crippen molar-refractivity contribution in [2.75, 3.05) is 20.1 Å². The lowest BCUT2D eigenvalue weighted by atomic mass is 10.2. The Kier molecular flexibility index (Phi) is 15.4. The molecule has 1 aromatic heterocycles. The first-order valence-corrected chi connectivity index (χ1v) is 11.1. The van der Waals surface area contributed by atoms with Gasteiger partial charge in [-0.2, -0.15) is 0 Å². The van der Waals surface area contributed by atoms with Gasteiger partial charge in [-0.05, 0) is 32.4 Å². The molecule has 0 saturated heterocycles. The lowest BCUT2D eigenvalue weighted by molar-refractivity contribution is -0.142. The first kappa shape index (κ1) is 28.2. The number of hydrogen-bond acceptors (Lipinski definition) is 4. The van der Waals surface area contributed by atoms with Crippen LogP contribution in [0.2, 0.25) is 0 Å². The molecule has 0 aliphatic heterocycles. The number of benzene rings is 1. The van der Waals surface area contributed by atoms with Crippen LogP contribution in [0.4, 0.5) is 0 Å². The minimum Gasteiger partial charge on any atom is -0.496 e. The van der Waals surface area contributed by atoms with Gasteiger partial charge in [0.15, 0.2) is 0 Å². The Morgan fingerprint density at radius 1 is 1.26 bits per heavy atom. The molecule has 0 amide bonds. The van der Waals surface area contributed by atoms with E-state index in [1.54, 1.807) is 20.1 Å². The fraction of sp³-hybridized carbons (Fsp3) is 0.360. The van der Waals surface area contributed by atoms with Crippen molar-refractivity contribution in [3.05, 3.63) is 67.0 Å². The Balaban J connectivity index is 0.00000212. The number of allylic oxidation sites excluding steroid dienone is 5. The molecule has 0 spiro atoms. The normalized spacial score (nSPS) is 10.5. The van der Waals surface area contributed by atoms with Gasteiger partial charge in [-0.1, -0.05) is 56.9 Å². The molecule has 0 aliphatic rings. The molecule has 170 valence electrons. The van der Waals surface area contributed by atoms with Crippen molar-refractivity contribution in [1.29, 1.82) is 0 Å². The smallest absolute Gasteiger partial charge is 0.311 e. The summed E-state index contributed by atoms with van der Waals surface area (Å²) in [4.78, 5) is 16.6. The predicted molar refractivity (Wildman–Crippen MR) is 132 cm³/mol.